The van der Waals surface area contributed by atoms with Crippen molar-refractivity contribution in [1.82, 2.24) is 0 Å². The zero-order valence-electron chi connectivity index (χ0n) is 8.46. The molecule has 1 aromatic rings. The molecule has 0 radical (unpaired) electrons. The summed E-state index contributed by atoms with van der Waals surface area (Å²) in [6.45, 7) is 1.38. The van der Waals surface area contributed by atoms with E-state index in [0.717, 1.165) is 18.0 Å². The summed E-state index contributed by atoms with van der Waals surface area (Å²) < 4.78 is 5.23. The molecule has 0 aliphatic heterocycles. The molecule has 0 saturated carbocycles. The third-order valence-corrected chi connectivity index (χ3v) is 2.25. The number of nitrogens with zero attached hydrogens (tertiary/aromatic N) is 1. The van der Waals surface area contributed by atoms with Gasteiger partial charge in [-0.1, -0.05) is 11.6 Å². The van der Waals surface area contributed by atoms with Gasteiger partial charge < -0.3 is 15.4 Å². The highest BCUT2D eigenvalue weighted by atomic mass is 35.5. The van der Waals surface area contributed by atoms with E-state index in [2.05, 4.69) is 0 Å². The summed E-state index contributed by atoms with van der Waals surface area (Å²) in [7, 11) is 3.60. The Morgan fingerprint density at radius 1 is 1.50 bits per heavy atom. The van der Waals surface area contributed by atoms with E-state index >= 15 is 0 Å². The van der Waals surface area contributed by atoms with Crippen molar-refractivity contribution in [1.29, 1.82) is 0 Å². The zero-order valence-corrected chi connectivity index (χ0v) is 9.21. The first kappa shape index (κ1) is 11.1. The van der Waals surface area contributed by atoms with Crippen molar-refractivity contribution in [2.75, 3.05) is 32.1 Å². The fourth-order valence-corrected chi connectivity index (χ4v) is 1.44. The van der Waals surface area contributed by atoms with Crippen LogP contribution >= 0.6 is 11.6 Å². The van der Waals surface area contributed by atoms with Crippen LogP contribution in [0.25, 0.3) is 0 Å². The van der Waals surface area contributed by atoms with Crippen LogP contribution in [0.5, 0.6) is 5.75 Å². The van der Waals surface area contributed by atoms with Gasteiger partial charge in [0, 0.05) is 25.2 Å². The van der Waals surface area contributed by atoms with E-state index in [1.807, 2.05) is 24.1 Å². The van der Waals surface area contributed by atoms with E-state index in [4.69, 9.17) is 22.1 Å². The summed E-state index contributed by atoms with van der Waals surface area (Å²) in [6.07, 6.45) is 0. The molecule has 0 atom stereocenters. The number of ether oxygens (including phenoxy) is 1. The van der Waals surface area contributed by atoms with Gasteiger partial charge in [0.2, 0.25) is 0 Å². The molecule has 0 heterocycles. The molecule has 1 aromatic carbocycles. The molecule has 14 heavy (non-hydrogen) atoms. The van der Waals surface area contributed by atoms with Gasteiger partial charge in [-0.2, -0.15) is 0 Å². The maximum absolute atomic E-state index is 5.90. The van der Waals surface area contributed by atoms with E-state index < -0.39 is 0 Å². The molecule has 4 heteroatoms. The summed E-state index contributed by atoms with van der Waals surface area (Å²) in [5.41, 5.74) is 6.44. The molecule has 3 nitrogen and oxygen atoms in total. The van der Waals surface area contributed by atoms with Crippen LogP contribution in [0.2, 0.25) is 5.02 Å². The van der Waals surface area contributed by atoms with Crippen molar-refractivity contribution < 1.29 is 4.74 Å². The van der Waals surface area contributed by atoms with Gasteiger partial charge in [0.1, 0.15) is 5.75 Å². The number of likely N-dealkylation sites (N-methyl/N-ethyl adjacent to an activating group) is 1. The monoisotopic (exact) mass is 214 g/mol. The Kier molecular flexibility index (Phi) is 4.04. The highest BCUT2D eigenvalue weighted by molar-refractivity contribution is 6.30. The molecule has 0 spiro atoms. The Morgan fingerprint density at radius 2 is 2.21 bits per heavy atom. The lowest BCUT2D eigenvalue weighted by molar-refractivity contribution is 0.415. The first-order valence-electron chi connectivity index (χ1n) is 4.43. The first-order chi connectivity index (χ1) is 6.69. The lowest BCUT2D eigenvalue weighted by Gasteiger charge is -2.21. The molecule has 78 valence electrons. The smallest absolute Gasteiger partial charge is 0.142 e. The van der Waals surface area contributed by atoms with Crippen molar-refractivity contribution in [2.45, 2.75) is 0 Å². The second-order valence-corrected chi connectivity index (χ2v) is 3.46. The topological polar surface area (TPSA) is 38.5 Å². The number of anilines is 1. The molecule has 1 rings (SSSR count). The Balaban J connectivity index is 2.97. The number of halogens is 1. The minimum absolute atomic E-state index is 0.603. The average molecular weight is 215 g/mol. The third-order valence-electron chi connectivity index (χ3n) is 2.02. The van der Waals surface area contributed by atoms with Gasteiger partial charge in [-0.3, -0.25) is 0 Å². The maximum atomic E-state index is 5.90. The summed E-state index contributed by atoms with van der Waals surface area (Å²) >= 11 is 5.90. The van der Waals surface area contributed by atoms with Crippen LogP contribution in [0.1, 0.15) is 0 Å². The van der Waals surface area contributed by atoms with Gasteiger partial charge in [-0.25, -0.2) is 0 Å². The molecular formula is C10H15ClN2O. The van der Waals surface area contributed by atoms with Crippen LogP contribution in [-0.4, -0.2) is 27.2 Å². The normalized spacial score (nSPS) is 10.0. The van der Waals surface area contributed by atoms with Crippen molar-refractivity contribution in [2.24, 2.45) is 5.73 Å². The minimum atomic E-state index is 0.603. The summed E-state index contributed by atoms with van der Waals surface area (Å²) in [4.78, 5) is 2.02. The quantitative estimate of drug-likeness (QED) is 0.830. The standard InChI is InChI=1S/C10H15ClN2O/c1-13(6-5-12)9-7-8(11)3-4-10(9)14-2/h3-4,7H,5-6,12H2,1-2H3. The summed E-state index contributed by atoms with van der Waals surface area (Å²) in [5.74, 6) is 0.811. The van der Waals surface area contributed by atoms with Crippen LogP contribution in [-0.2, 0) is 0 Å². The Morgan fingerprint density at radius 3 is 2.79 bits per heavy atom. The van der Waals surface area contributed by atoms with Crippen molar-refractivity contribution in [3.63, 3.8) is 0 Å². The SMILES string of the molecule is COc1ccc(Cl)cc1N(C)CCN. The molecule has 0 unspecified atom stereocenters. The number of nitrogens with two attached hydrogens (primary N) is 1. The molecule has 0 bridgehead atoms. The largest absolute Gasteiger partial charge is 0.495 e. The number of hydrogen-bond donors (Lipinski definition) is 1. The molecule has 0 amide bonds. The van der Waals surface area contributed by atoms with E-state index in [0.29, 0.717) is 11.6 Å². The van der Waals surface area contributed by atoms with Gasteiger partial charge in [0.25, 0.3) is 0 Å². The van der Waals surface area contributed by atoms with Crippen LogP contribution in [0, 0.1) is 0 Å². The maximum Gasteiger partial charge on any atom is 0.142 e. The van der Waals surface area contributed by atoms with E-state index in [9.17, 15) is 0 Å². The zero-order chi connectivity index (χ0) is 10.6. The average Bonchev–Trinajstić information content (AvgIpc) is 2.18. The third kappa shape index (κ3) is 2.53. The fraction of sp³-hybridized carbons (Fsp3) is 0.400. The van der Waals surface area contributed by atoms with Crippen molar-refractivity contribution >= 4 is 17.3 Å². The molecule has 0 aliphatic carbocycles. The van der Waals surface area contributed by atoms with Crippen LogP contribution in [0.4, 0.5) is 5.69 Å². The second kappa shape index (κ2) is 5.08. The van der Waals surface area contributed by atoms with Crippen molar-refractivity contribution in [3.8, 4) is 5.75 Å². The summed E-state index contributed by atoms with van der Waals surface area (Å²) in [6, 6.07) is 5.53. The Bertz CT molecular complexity index is 304. The van der Waals surface area contributed by atoms with E-state index in [1.54, 1.807) is 13.2 Å². The molecule has 2 N–H and O–H groups in total. The fourth-order valence-electron chi connectivity index (χ4n) is 1.28. The van der Waals surface area contributed by atoms with Gasteiger partial charge in [-0.15, -0.1) is 0 Å². The van der Waals surface area contributed by atoms with Gasteiger partial charge in [0.15, 0.2) is 0 Å². The first-order valence-corrected chi connectivity index (χ1v) is 4.81. The van der Waals surface area contributed by atoms with E-state index in [-0.39, 0.29) is 0 Å². The number of benzene rings is 1. The minimum Gasteiger partial charge on any atom is -0.495 e. The lowest BCUT2D eigenvalue weighted by Crippen LogP contribution is -2.25. The Labute approximate surface area is 89.4 Å². The lowest BCUT2D eigenvalue weighted by atomic mass is 10.2. The predicted octanol–water partition coefficient (Wildman–Crippen LogP) is 1.74. The van der Waals surface area contributed by atoms with Gasteiger partial charge >= 0.3 is 0 Å². The highest BCUT2D eigenvalue weighted by Crippen LogP contribution is 2.29. The molecule has 0 saturated heterocycles. The number of methoxy groups -OCH3 is 1. The molecule has 0 aliphatic rings. The summed E-state index contributed by atoms with van der Waals surface area (Å²) in [5, 5.41) is 0.699. The molecular weight excluding hydrogens is 200 g/mol. The van der Waals surface area contributed by atoms with Crippen LogP contribution < -0.4 is 15.4 Å². The van der Waals surface area contributed by atoms with Crippen LogP contribution in [0.15, 0.2) is 18.2 Å². The van der Waals surface area contributed by atoms with Crippen LogP contribution in [0.3, 0.4) is 0 Å². The highest BCUT2D eigenvalue weighted by Gasteiger charge is 2.07. The molecule has 0 fully saturated rings. The van der Waals surface area contributed by atoms with Crippen molar-refractivity contribution in [3.05, 3.63) is 23.2 Å². The van der Waals surface area contributed by atoms with E-state index in [1.165, 1.54) is 0 Å². The number of rotatable bonds is 4. The molecule has 0 aromatic heterocycles. The van der Waals surface area contributed by atoms with Gasteiger partial charge in [0.05, 0.1) is 12.8 Å². The Hall–Kier alpha value is -0.930. The second-order valence-electron chi connectivity index (χ2n) is 3.03. The predicted molar refractivity (Wildman–Crippen MR) is 60.3 cm³/mol. The van der Waals surface area contributed by atoms with Gasteiger partial charge in [-0.05, 0) is 18.2 Å². The number of hydrogen-bond acceptors (Lipinski definition) is 3.